The van der Waals surface area contributed by atoms with Crippen molar-refractivity contribution in [3.63, 3.8) is 0 Å². The van der Waals surface area contributed by atoms with E-state index in [0.29, 0.717) is 5.82 Å². The molecule has 2 aromatic rings. The molecule has 0 saturated carbocycles. The van der Waals surface area contributed by atoms with E-state index in [2.05, 4.69) is 15.3 Å². The second-order valence-electron chi connectivity index (χ2n) is 5.16. The maximum Gasteiger partial charge on any atom is 0.295 e. The Morgan fingerprint density at radius 3 is 3.14 bits per heavy atom. The van der Waals surface area contributed by atoms with E-state index < -0.39 is 0 Å². The summed E-state index contributed by atoms with van der Waals surface area (Å²) in [4.78, 5) is 18.4. The summed E-state index contributed by atoms with van der Waals surface area (Å²) in [6.45, 7) is 0. The largest absolute Gasteiger partial charge is 0.489 e. The Hall–Kier alpha value is -2.50. The number of benzene rings is 1. The fourth-order valence-corrected chi connectivity index (χ4v) is 2.83. The van der Waals surface area contributed by atoms with Gasteiger partial charge < -0.3 is 20.8 Å². The number of aryl methyl sites for hydroxylation is 1. The second kappa shape index (κ2) is 5.47. The van der Waals surface area contributed by atoms with Crippen LogP contribution in [-0.2, 0) is 6.42 Å². The molecule has 1 unspecified atom stereocenters. The molecule has 0 radical (unpaired) electrons. The van der Waals surface area contributed by atoms with Crippen molar-refractivity contribution in [3.05, 3.63) is 46.0 Å². The minimum Gasteiger partial charge on any atom is -0.489 e. The number of aromatic amines is 1. The van der Waals surface area contributed by atoms with E-state index in [0.717, 1.165) is 24.9 Å². The van der Waals surface area contributed by atoms with Crippen LogP contribution in [0.5, 0.6) is 5.75 Å². The van der Waals surface area contributed by atoms with Gasteiger partial charge >= 0.3 is 0 Å². The zero-order valence-corrected chi connectivity index (χ0v) is 11.8. The molecule has 1 heterocycles. The number of ether oxygens (including phenoxy) is 1. The highest BCUT2D eigenvalue weighted by Gasteiger charge is 2.22. The van der Waals surface area contributed by atoms with Gasteiger partial charge in [0.05, 0.1) is 19.5 Å². The van der Waals surface area contributed by atoms with Gasteiger partial charge in [-0.15, -0.1) is 0 Å². The molecule has 110 valence electrons. The molecule has 0 amide bonds. The van der Waals surface area contributed by atoms with E-state index in [1.165, 1.54) is 24.6 Å². The SMILES string of the molecule is COc1c(NC2CCCc3cc(N)ccc32)nc[nH]c1=O. The molecular formula is C15H18N4O2. The summed E-state index contributed by atoms with van der Waals surface area (Å²) >= 11 is 0. The molecule has 1 aromatic carbocycles. The maximum absolute atomic E-state index is 11.7. The third-order valence-electron chi connectivity index (χ3n) is 3.81. The van der Waals surface area contributed by atoms with Crippen LogP contribution in [-0.4, -0.2) is 17.1 Å². The Balaban J connectivity index is 1.94. The van der Waals surface area contributed by atoms with Gasteiger partial charge in [0.1, 0.15) is 0 Å². The fourth-order valence-electron chi connectivity index (χ4n) is 2.83. The number of nitrogens with one attached hydrogen (secondary N) is 2. The van der Waals surface area contributed by atoms with Crippen LogP contribution in [0.1, 0.15) is 30.0 Å². The second-order valence-corrected chi connectivity index (χ2v) is 5.16. The number of anilines is 2. The van der Waals surface area contributed by atoms with Gasteiger partial charge in [0.25, 0.3) is 5.56 Å². The van der Waals surface area contributed by atoms with Crippen LogP contribution < -0.4 is 21.3 Å². The standard InChI is InChI=1S/C15H18N4O2/c1-21-13-14(17-8-18-15(13)20)19-12-4-2-3-9-7-10(16)5-6-11(9)12/h5-8,12H,2-4,16H2,1H3,(H2,17,18,19,20). The van der Waals surface area contributed by atoms with E-state index in [1.54, 1.807) is 0 Å². The van der Waals surface area contributed by atoms with Gasteiger partial charge in [0.15, 0.2) is 5.82 Å². The average Bonchev–Trinajstić information content (AvgIpc) is 2.47. The number of methoxy groups -OCH3 is 1. The summed E-state index contributed by atoms with van der Waals surface area (Å²) in [5, 5.41) is 3.32. The van der Waals surface area contributed by atoms with E-state index in [-0.39, 0.29) is 17.4 Å². The Morgan fingerprint density at radius 2 is 2.33 bits per heavy atom. The highest BCUT2D eigenvalue weighted by molar-refractivity contribution is 5.53. The molecule has 21 heavy (non-hydrogen) atoms. The molecular weight excluding hydrogens is 268 g/mol. The van der Waals surface area contributed by atoms with Gasteiger partial charge in [0.2, 0.25) is 5.75 Å². The minimum absolute atomic E-state index is 0.109. The molecule has 6 nitrogen and oxygen atoms in total. The number of H-pyrrole nitrogens is 1. The predicted molar refractivity (Wildman–Crippen MR) is 81.6 cm³/mol. The third kappa shape index (κ3) is 2.56. The van der Waals surface area contributed by atoms with Crippen LogP contribution in [0.25, 0.3) is 0 Å². The number of fused-ring (bicyclic) bond motifs is 1. The summed E-state index contributed by atoms with van der Waals surface area (Å²) in [7, 11) is 1.47. The van der Waals surface area contributed by atoms with E-state index in [1.807, 2.05) is 18.2 Å². The van der Waals surface area contributed by atoms with Gasteiger partial charge in [-0.05, 0) is 42.5 Å². The molecule has 0 spiro atoms. The van der Waals surface area contributed by atoms with Gasteiger partial charge in [-0.2, -0.15) is 0 Å². The summed E-state index contributed by atoms with van der Waals surface area (Å²) in [6, 6.07) is 6.08. The number of nitrogen functional groups attached to an aromatic ring is 1. The molecule has 0 fully saturated rings. The number of hydrogen-bond acceptors (Lipinski definition) is 5. The monoisotopic (exact) mass is 286 g/mol. The summed E-state index contributed by atoms with van der Waals surface area (Å²) in [5.74, 6) is 0.677. The van der Waals surface area contributed by atoms with Crippen molar-refractivity contribution in [1.29, 1.82) is 0 Å². The number of nitrogens with zero attached hydrogens (tertiary/aromatic N) is 1. The lowest BCUT2D eigenvalue weighted by molar-refractivity contribution is 0.407. The van der Waals surface area contributed by atoms with Gasteiger partial charge in [0, 0.05) is 5.69 Å². The quantitative estimate of drug-likeness (QED) is 0.749. The first-order chi connectivity index (χ1) is 10.2. The Morgan fingerprint density at radius 1 is 1.48 bits per heavy atom. The number of aromatic nitrogens is 2. The molecule has 1 aliphatic carbocycles. The molecule has 1 aromatic heterocycles. The van der Waals surface area contributed by atoms with Crippen molar-refractivity contribution in [2.45, 2.75) is 25.3 Å². The van der Waals surface area contributed by atoms with Crippen LogP contribution in [0.4, 0.5) is 11.5 Å². The van der Waals surface area contributed by atoms with E-state index >= 15 is 0 Å². The van der Waals surface area contributed by atoms with Crippen LogP contribution >= 0.6 is 0 Å². The number of nitrogens with two attached hydrogens (primary N) is 1. The summed E-state index contributed by atoms with van der Waals surface area (Å²) < 4.78 is 5.14. The molecule has 0 saturated heterocycles. The molecule has 1 aliphatic rings. The van der Waals surface area contributed by atoms with Crippen LogP contribution in [0.15, 0.2) is 29.3 Å². The first-order valence-corrected chi connectivity index (χ1v) is 6.95. The lowest BCUT2D eigenvalue weighted by Gasteiger charge is -2.27. The zero-order valence-electron chi connectivity index (χ0n) is 11.8. The van der Waals surface area contributed by atoms with E-state index in [9.17, 15) is 4.79 Å². The molecule has 6 heteroatoms. The van der Waals surface area contributed by atoms with Crippen molar-refractivity contribution in [3.8, 4) is 5.75 Å². The topological polar surface area (TPSA) is 93.0 Å². The molecule has 0 aliphatic heterocycles. The van der Waals surface area contributed by atoms with Crippen molar-refractivity contribution < 1.29 is 4.74 Å². The van der Waals surface area contributed by atoms with Gasteiger partial charge in [-0.25, -0.2) is 4.98 Å². The maximum atomic E-state index is 11.7. The summed E-state index contributed by atoms with van der Waals surface area (Å²) in [5.41, 5.74) is 8.80. The van der Waals surface area contributed by atoms with Crippen molar-refractivity contribution in [2.75, 3.05) is 18.2 Å². The zero-order chi connectivity index (χ0) is 14.8. The van der Waals surface area contributed by atoms with Crippen LogP contribution in [0.3, 0.4) is 0 Å². The number of hydrogen-bond donors (Lipinski definition) is 3. The van der Waals surface area contributed by atoms with Crippen molar-refractivity contribution >= 4 is 11.5 Å². The lowest BCUT2D eigenvalue weighted by atomic mass is 9.87. The fraction of sp³-hybridized carbons (Fsp3) is 0.333. The number of rotatable bonds is 3. The highest BCUT2D eigenvalue weighted by atomic mass is 16.5. The van der Waals surface area contributed by atoms with Crippen molar-refractivity contribution in [1.82, 2.24) is 9.97 Å². The Labute approximate surface area is 122 Å². The lowest BCUT2D eigenvalue weighted by Crippen LogP contribution is -2.21. The predicted octanol–water partition coefficient (Wildman–Crippen LogP) is 1.85. The Kier molecular flexibility index (Phi) is 3.51. The highest BCUT2D eigenvalue weighted by Crippen LogP contribution is 2.34. The average molecular weight is 286 g/mol. The Bertz CT molecular complexity index is 711. The van der Waals surface area contributed by atoms with Gasteiger partial charge in [-0.1, -0.05) is 6.07 Å². The molecule has 0 bridgehead atoms. The van der Waals surface area contributed by atoms with Crippen LogP contribution in [0.2, 0.25) is 0 Å². The van der Waals surface area contributed by atoms with Crippen LogP contribution in [0, 0.1) is 0 Å². The molecule has 1 atom stereocenters. The van der Waals surface area contributed by atoms with E-state index in [4.69, 9.17) is 10.5 Å². The smallest absolute Gasteiger partial charge is 0.295 e. The van der Waals surface area contributed by atoms with Crippen molar-refractivity contribution in [2.24, 2.45) is 0 Å². The van der Waals surface area contributed by atoms with Gasteiger partial charge in [-0.3, -0.25) is 4.79 Å². The molecule has 3 rings (SSSR count). The third-order valence-corrected chi connectivity index (χ3v) is 3.81. The molecule has 4 N–H and O–H groups in total. The first-order valence-electron chi connectivity index (χ1n) is 6.95. The summed E-state index contributed by atoms with van der Waals surface area (Å²) in [6.07, 6.45) is 4.45. The first kappa shape index (κ1) is 13.5. The minimum atomic E-state index is -0.289. The normalized spacial score (nSPS) is 17.1.